The van der Waals surface area contributed by atoms with Gasteiger partial charge in [-0.2, -0.15) is 0 Å². The lowest BCUT2D eigenvalue weighted by Gasteiger charge is -2.08. The zero-order valence-electron chi connectivity index (χ0n) is 16.8. The number of allylic oxidation sites excluding steroid dienone is 11. The largest absolute Gasteiger partial charge is 0.265 e. The van der Waals surface area contributed by atoms with Gasteiger partial charge in [0.15, 0.2) is 0 Å². The third-order valence-electron chi connectivity index (χ3n) is 4.38. The van der Waals surface area contributed by atoms with E-state index in [2.05, 4.69) is 73.4 Å². The molecule has 2 nitrogen and oxygen atoms in total. The molecule has 0 aliphatic heterocycles. The Balaban J connectivity index is 2.30. The molecule has 0 unspecified atom stereocenters. The molecule has 0 saturated heterocycles. The van der Waals surface area contributed by atoms with Crippen LogP contribution in [-0.4, -0.2) is 10.7 Å². The number of pyridine rings is 1. The van der Waals surface area contributed by atoms with Crippen LogP contribution >= 0.6 is 0 Å². The van der Waals surface area contributed by atoms with Gasteiger partial charge < -0.3 is 0 Å². The average Bonchev–Trinajstić information content (AvgIpc) is 2.86. The smallest absolute Gasteiger partial charge is 0.0634 e. The van der Waals surface area contributed by atoms with Crippen molar-refractivity contribution in [1.29, 1.82) is 0 Å². The molecule has 1 aliphatic carbocycles. The fourth-order valence-corrected chi connectivity index (χ4v) is 2.79. The molecule has 2 heteroatoms. The molecule has 0 radical (unpaired) electrons. The molecule has 2 rings (SSSR count). The van der Waals surface area contributed by atoms with E-state index in [0.717, 1.165) is 34.5 Å². The predicted molar refractivity (Wildman–Crippen MR) is 119 cm³/mol. The Kier molecular flexibility index (Phi) is 7.25. The van der Waals surface area contributed by atoms with Crippen molar-refractivity contribution >= 4 is 11.4 Å². The van der Waals surface area contributed by atoms with Crippen LogP contribution in [0.25, 0.3) is 5.70 Å². The first-order valence-corrected chi connectivity index (χ1v) is 9.13. The third-order valence-corrected chi connectivity index (χ3v) is 4.38. The summed E-state index contributed by atoms with van der Waals surface area (Å²) in [5.41, 5.74) is 8.31. The van der Waals surface area contributed by atoms with E-state index in [-0.39, 0.29) is 0 Å². The number of hydrogen-bond acceptors (Lipinski definition) is 2. The van der Waals surface area contributed by atoms with Gasteiger partial charge >= 0.3 is 0 Å². The van der Waals surface area contributed by atoms with E-state index in [1.165, 1.54) is 16.7 Å². The molecule has 0 bridgehead atoms. The molecule has 138 valence electrons. The molecule has 1 aromatic heterocycles. The molecule has 0 atom stereocenters. The lowest BCUT2D eigenvalue weighted by atomic mass is 10.0. The number of rotatable bonds is 6. The summed E-state index contributed by atoms with van der Waals surface area (Å²) in [4.78, 5) is 8.72. The summed E-state index contributed by atoms with van der Waals surface area (Å²) in [6.07, 6.45) is 17.5. The van der Waals surface area contributed by atoms with Gasteiger partial charge in [-0.15, -0.1) is 0 Å². The van der Waals surface area contributed by atoms with Crippen molar-refractivity contribution in [3.63, 3.8) is 0 Å². The summed E-state index contributed by atoms with van der Waals surface area (Å²) < 4.78 is 0. The molecule has 0 saturated carbocycles. The third kappa shape index (κ3) is 6.03. The topological polar surface area (TPSA) is 25.2 Å². The molecule has 1 aliphatic rings. The fourth-order valence-electron chi connectivity index (χ4n) is 2.79. The molecule has 1 heterocycles. The van der Waals surface area contributed by atoms with Crippen molar-refractivity contribution in [3.8, 4) is 0 Å². The molecular weight excluding hydrogens is 328 g/mol. The first kappa shape index (κ1) is 20.3. The lowest BCUT2D eigenvalue weighted by molar-refractivity contribution is 1.31. The zero-order valence-corrected chi connectivity index (χ0v) is 16.8. The minimum absolute atomic E-state index is 0.720. The van der Waals surface area contributed by atoms with Gasteiger partial charge in [0, 0.05) is 23.7 Å². The van der Waals surface area contributed by atoms with E-state index in [1.54, 1.807) is 12.4 Å². The maximum Gasteiger partial charge on any atom is 0.0634 e. The zero-order chi connectivity index (χ0) is 19.8. The van der Waals surface area contributed by atoms with E-state index >= 15 is 0 Å². The van der Waals surface area contributed by atoms with Crippen LogP contribution < -0.4 is 0 Å². The van der Waals surface area contributed by atoms with Gasteiger partial charge in [0.05, 0.1) is 5.70 Å². The summed E-state index contributed by atoms with van der Waals surface area (Å²) in [5, 5.41) is 0. The van der Waals surface area contributed by atoms with Gasteiger partial charge in [0.1, 0.15) is 0 Å². The molecule has 0 fully saturated rings. The molecule has 0 amide bonds. The number of hydrogen-bond donors (Lipinski definition) is 0. The second-order valence-electron chi connectivity index (χ2n) is 6.78. The maximum atomic E-state index is 4.68. The second-order valence-corrected chi connectivity index (χ2v) is 6.78. The van der Waals surface area contributed by atoms with E-state index in [4.69, 9.17) is 0 Å². The Labute approximate surface area is 163 Å². The Morgan fingerprint density at radius 1 is 1.11 bits per heavy atom. The van der Waals surface area contributed by atoms with Crippen molar-refractivity contribution in [2.45, 2.75) is 34.1 Å². The molecule has 0 aromatic carbocycles. The van der Waals surface area contributed by atoms with Gasteiger partial charge in [0.25, 0.3) is 0 Å². The summed E-state index contributed by atoms with van der Waals surface area (Å²) in [7, 11) is 0. The van der Waals surface area contributed by atoms with Crippen molar-refractivity contribution in [2.24, 2.45) is 4.99 Å². The monoisotopic (exact) mass is 356 g/mol. The van der Waals surface area contributed by atoms with Crippen molar-refractivity contribution in [3.05, 3.63) is 108 Å². The maximum absolute atomic E-state index is 4.68. The van der Waals surface area contributed by atoms with Crippen LogP contribution in [0.1, 0.15) is 39.7 Å². The Morgan fingerprint density at radius 2 is 1.81 bits per heavy atom. The van der Waals surface area contributed by atoms with Gasteiger partial charge in [-0.05, 0) is 68.5 Å². The van der Waals surface area contributed by atoms with Crippen molar-refractivity contribution in [1.82, 2.24) is 4.98 Å². The highest BCUT2D eigenvalue weighted by Crippen LogP contribution is 2.20. The number of nitrogens with zero attached hydrogens (tertiary/aromatic N) is 2. The molecule has 0 spiro atoms. The number of aliphatic imine (C=N–C) groups is 1. The summed E-state index contributed by atoms with van der Waals surface area (Å²) in [5.74, 6) is 0. The summed E-state index contributed by atoms with van der Waals surface area (Å²) in [6, 6.07) is 3.82. The molecular formula is C25H28N2. The van der Waals surface area contributed by atoms with Crippen LogP contribution in [0.5, 0.6) is 0 Å². The van der Waals surface area contributed by atoms with E-state index < -0.39 is 0 Å². The molecule has 0 N–H and O–H groups in total. The van der Waals surface area contributed by atoms with Crippen molar-refractivity contribution < 1.29 is 0 Å². The second kappa shape index (κ2) is 9.63. The van der Waals surface area contributed by atoms with Crippen LogP contribution in [0.2, 0.25) is 0 Å². The van der Waals surface area contributed by atoms with E-state index in [1.807, 2.05) is 26.0 Å². The summed E-state index contributed by atoms with van der Waals surface area (Å²) in [6.45, 7) is 16.5. The van der Waals surface area contributed by atoms with Crippen molar-refractivity contribution in [2.75, 3.05) is 0 Å². The highest BCUT2D eigenvalue weighted by Gasteiger charge is 2.05. The number of aromatic nitrogens is 1. The quantitative estimate of drug-likeness (QED) is 0.407. The van der Waals surface area contributed by atoms with Gasteiger partial charge in [-0.1, -0.05) is 55.2 Å². The Hall–Kier alpha value is -3.00. The Morgan fingerprint density at radius 3 is 2.48 bits per heavy atom. The highest BCUT2D eigenvalue weighted by molar-refractivity contribution is 6.04. The van der Waals surface area contributed by atoms with Crippen LogP contribution in [0.3, 0.4) is 0 Å². The summed E-state index contributed by atoms with van der Waals surface area (Å²) >= 11 is 0. The average molecular weight is 357 g/mol. The fraction of sp³-hybridized carbons (Fsp3) is 0.200. The highest BCUT2D eigenvalue weighted by atomic mass is 14.8. The lowest BCUT2D eigenvalue weighted by Crippen LogP contribution is -1.99. The van der Waals surface area contributed by atoms with Crippen LogP contribution in [0.4, 0.5) is 0 Å². The minimum atomic E-state index is 0.720. The normalized spacial score (nSPS) is 15.8. The SMILES string of the molecule is C=C(C)/C(=C\C=C(/C)C1=CC(C)=CCC=C1)C(C)=NC(=C)c1ccncc1. The minimum Gasteiger partial charge on any atom is -0.265 e. The van der Waals surface area contributed by atoms with E-state index in [9.17, 15) is 0 Å². The predicted octanol–water partition coefficient (Wildman–Crippen LogP) is 6.79. The first-order valence-electron chi connectivity index (χ1n) is 9.13. The van der Waals surface area contributed by atoms with Crippen LogP contribution in [0.15, 0.2) is 107 Å². The molecule has 1 aromatic rings. The van der Waals surface area contributed by atoms with E-state index in [0.29, 0.717) is 0 Å². The van der Waals surface area contributed by atoms with Gasteiger partial charge in [-0.25, -0.2) is 0 Å². The van der Waals surface area contributed by atoms with Gasteiger partial charge in [-0.3, -0.25) is 9.98 Å². The standard InChI is InChI=1S/C25H28N2/c1-18(2)25(22(6)27-21(5)23-13-15-26-16-14-23)12-11-20(4)24-10-8-7-9-19(3)17-24/h8-17H,1,5,7H2,2-4,6H3/b20-11+,25-12+,27-22?. The first-order chi connectivity index (χ1) is 12.9. The van der Waals surface area contributed by atoms with Crippen LogP contribution in [-0.2, 0) is 0 Å². The Bertz CT molecular complexity index is 901. The molecule has 27 heavy (non-hydrogen) atoms. The van der Waals surface area contributed by atoms with Gasteiger partial charge in [0.2, 0.25) is 0 Å². The van der Waals surface area contributed by atoms with Crippen LogP contribution in [0, 0.1) is 0 Å².